The topological polar surface area (TPSA) is 136 Å². The van der Waals surface area contributed by atoms with Crippen molar-refractivity contribution in [1.82, 2.24) is 9.55 Å². The molecule has 0 saturated carbocycles. The molecule has 0 spiro atoms. The first-order valence-corrected chi connectivity index (χ1v) is 11.0. The molecule has 9 nitrogen and oxygen atoms in total. The van der Waals surface area contributed by atoms with Crippen molar-refractivity contribution in [3.05, 3.63) is 30.2 Å². The number of anilines is 2. The molecule has 26 heavy (non-hydrogen) atoms. The van der Waals surface area contributed by atoms with Crippen molar-refractivity contribution >= 4 is 31.4 Å². The molecule has 0 atom stereocenters. The van der Waals surface area contributed by atoms with Gasteiger partial charge in [-0.05, 0) is 31.5 Å². The lowest BCUT2D eigenvalue weighted by Gasteiger charge is -2.14. The molecular formula is C15H23N5O4S2. The molecule has 0 unspecified atom stereocenters. The molecule has 2 rings (SSSR count). The Bertz CT molecular complexity index is 978. The first-order chi connectivity index (χ1) is 12.0. The maximum absolute atomic E-state index is 12.6. The Hall–Kier alpha value is -2.11. The highest BCUT2D eigenvalue weighted by Crippen LogP contribution is 2.27. The number of benzene rings is 1. The van der Waals surface area contributed by atoms with Crippen LogP contribution >= 0.6 is 0 Å². The van der Waals surface area contributed by atoms with Gasteiger partial charge in [0.25, 0.3) is 10.0 Å². The average molecular weight is 402 g/mol. The van der Waals surface area contributed by atoms with Crippen LogP contribution in [0.1, 0.15) is 25.6 Å². The summed E-state index contributed by atoms with van der Waals surface area (Å²) in [6.07, 6.45) is 3.21. The summed E-state index contributed by atoms with van der Waals surface area (Å²) in [4.78, 5) is 3.82. The van der Waals surface area contributed by atoms with Crippen LogP contribution < -0.4 is 15.2 Å². The number of aromatic nitrogens is 2. The molecule has 0 radical (unpaired) electrons. The minimum Gasteiger partial charge on any atom is -0.383 e. The number of nitrogens with zero attached hydrogens (tertiary/aromatic N) is 2. The van der Waals surface area contributed by atoms with Crippen molar-refractivity contribution in [2.75, 3.05) is 16.6 Å². The Kier molecular flexibility index (Phi) is 5.94. The van der Waals surface area contributed by atoms with Gasteiger partial charge in [0, 0.05) is 19.8 Å². The van der Waals surface area contributed by atoms with E-state index in [1.165, 1.54) is 24.4 Å². The van der Waals surface area contributed by atoms with Crippen LogP contribution in [-0.2, 0) is 27.1 Å². The predicted molar refractivity (Wildman–Crippen MR) is 100.0 cm³/mol. The second-order valence-electron chi connectivity index (χ2n) is 5.88. The van der Waals surface area contributed by atoms with E-state index < -0.39 is 20.0 Å². The van der Waals surface area contributed by atoms with E-state index in [1.807, 2.05) is 6.92 Å². The fraction of sp³-hybridized carbons (Fsp3) is 0.400. The van der Waals surface area contributed by atoms with E-state index in [-0.39, 0.29) is 15.6 Å². The van der Waals surface area contributed by atoms with Crippen LogP contribution in [0.4, 0.5) is 11.4 Å². The lowest BCUT2D eigenvalue weighted by atomic mass is 10.2. The van der Waals surface area contributed by atoms with Crippen molar-refractivity contribution < 1.29 is 16.8 Å². The molecular weight excluding hydrogens is 378 g/mol. The molecule has 0 aliphatic rings. The maximum atomic E-state index is 12.6. The van der Waals surface area contributed by atoms with E-state index in [2.05, 4.69) is 15.0 Å². The Morgan fingerprint density at radius 2 is 1.88 bits per heavy atom. The smallest absolute Gasteiger partial charge is 0.281 e. The van der Waals surface area contributed by atoms with E-state index in [0.29, 0.717) is 18.1 Å². The third kappa shape index (κ3) is 4.74. The van der Waals surface area contributed by atoms with Gasteiger partial charge < -0.3 is 9.88 Å². The Morgan fingerprint density at radius 3 is 2.42 bits per heavy atom. The molecule has 0 aliphatic heterocycles. The van der Waals surface area contributed by atoms with Crippen molar-refractivity contribution in [3.8, 4) is 0 Å². The van der Waals surface area contributed by atoms with E-state index in [4.69, 9.17) is 5.14 Å². The van der Waals surface area contributed by atoms with Crippen molar-refractivity contribution in [3.63, 3.8) is 0 Å². The van der Waals surface area contributed by atoms with Crippen LogP contribution in [0.5, 0.6) is 0 Å². The highest BCUT2D eigenvalue weighted by molar-refractivity contribution is 7.92. The second kappa shape index (κ2) is 7.64. The number of rotatable bonds is 8. The quantitative estimate of drug-likeness (QED) is 0.572. The van der Waals surface area contributed by atoms with Crippen LogP contribution in [0.25, 0.3) is 0 Å². The summed E-state index contributed by atoms with van der Waals surface area (Å²) in [6, 6.07) is 4.00. The van der Waals surface area contributed by atoms with Gasteiger partial charge in [0.2, 0.25) is 10.0 Å². The van der Waals surface area contributed by atoms with Gasteiger partial charge >= 0.3 is 0 Å². The summed E-state index contributed by atoms with van der Waals surface area (Å²) in [6.45, 7) is 4.32. The van der Waals surface area contributed by atoms with Gasteiger partial charge in [-0.25, -0.2) is 18.5 Å². The van der Waals surface area contributed by atoms with Crippen molar-refractivity contribution in [2.45, 2.75) is 36.6 Å². The van der Waals surface area contributed by atoms with E-state index in [1.54, 1.807) is 18.5 Å². The molecule has 144 valence electrons. The van der Waals surface area contributed by atoms with Crippen LogP contribution in [0.2, 0.25) is 0 Å². The minimum absolute atomic E-state index is 0.0935. The standard InChI is InChI=1S/C15H23N5O4S2/c1-4-5-8-17-13-7-6-12(25(16,21)22)9-14(13)19-26(23,24)15-10-20(3)11(2)18-15/h6-7,9-10,17,19H,4-5,8H2,1-3H3,(H2,16,21,22). The summed E-state index contributed by atoms with van der Waals surface area (Å²) in [5, 5.41) is 8.10. The van der Waals surface area contributed by atoms with Crippen LogP contribution in [-0.4, -0.2) is 32.9 Å². The summed E-state index contributed by atoms with van der Waals surface area (Å²) < 4.78 is 52.4. The number of imidazole rings is 1. The highest BCUT2D eigenvalue weighted by Gasteiger charge is 2.21. The van der Waals surface area contributed by atoms with Gasteiger partial charge in [-0.1, -0.05) is 13.3 Å². The number of unbranched alkanes of at least 4 members (excludes halogenated alkanes) is 1. The molecule has 4 N–H and O–H groups in total. The lowest BCUT2D eigenvalue weighted by Crippen LogP contribution is -2.17. The van der Waals surface area contributed by atoms with Gasteiger partial charge in [0.15, 0.2) is 5.03 Å². The SMILES string of the molecule is CCCCNc1ccc(S(N)(=O)=O)cc1NS(=O)(=O)c1cn(C)c(C)n1. The number of hydrogen-bond donors (Lipinski definition) is 3. The highest BCUT2D eigenvalue weighted by atomic mass is 32.2. The molecule has 1 aromatic carbocycles. The maximum Gasteiger partial charge on any atom is 0.281 e. The molecule has 11 heteroatoms. The monoisotopic (exact) mass is 401 g/mol. The zero-order valence-corrected chi connectivity index (χ0v) is 16.5. The molecule has 0 saturated heterocycles. The Morgan fingerprint density at radius 1 is 1.19 bits per heavy atom. The number of nitrogens with two attached hydrogens (primary N) is 1. The number of sulfonamides is 2. The summed E-state index contributed by atoms with van der Waals surface area (Å²) in [5.41, 5.74) is 0.554. The third-order valence-corrected chi connectivity index (χ3v) is 5.92. The second-order valence-corrected chi connectivity index (χ2v) is 9.07. The van der Waals surface area contributed by atoms with Crippen molar-refractivity contribution in [2.24, 2.45) is 12.2 Å². The summed E-state index contributed by atoms with van der Waals surface area (Å²) in [7, 11) is -6.28. The Labute approximate surface area is 153 Å². The van der Waals surface area contributed by atoms with Crippen LogP contribution in [0.15, 0.2) is 34.3 Å². The zero-order valence-electron chi connectivity index (χ0n) is 14.9. The lowest BCUT2D eigenvalue weighted by molar-refractivity contribution is 0.595. The number of nitrogens with one attached hydrogen (secondary N) is 2. The fourth-order valence-corrected chi connectivity index (χ4v) is 3.84. The van der Waals surface area contributed by atoms with Gasteiger partial charge in [0.05, 0.1) is 16.3 Å². The van der Waals surface area contributed by atoms with Gasteiger partial charge in [-0.2, -0.15) is 8.42 Å². The van der Waals surface area contributed by atoms with E-state index in [9.17, 15) is 16.8 Å². The fourth-order valence-electron chi connectivity index (χ4n) is 2.19. The van der Waals surface area contributed by atoms with E-state index >= 15 is 0 Å². The van der Waals surface area contributed by atoms with Crippen LogP contribution in [0.3, 0.4) is 0 Å². The summed E-state index contributed by atoms with van der Waals surface area (Å²) in [5.74, 6) is 0.532. The first kappa shape index (κ1) is 20.2. The molecule has 1 heterocycles. The number of primary sulfonamides is 1. The van der Waals surface area contributed by atoms with Gasteiger partial charge in [0.1, 0.15) is 5.82 Å². The summed E-state index contributed by atoms with van der Waals surface area (Å²) >= 11 is 0. The number of aryl methyl sites for hydroxylation is 2. The van der Waals surface area contributed by atoms with Crippen molar-refractivity contribution in [1.29, 1.82) is 0 Å². The molecule has 0 aliphatic carbocycles. The van der Waals surface area contributed by atoms with E-state index in [0.717, 1.165) is 12.8 Å². The minimum atomic E-state index is -3.99. The molecule has 0 fully saturated rings. The molecule has 1 aromatic heterocycles. The first-order valence-electron chi connectivity index (χ1n) is 7.98. The molecule has 0 amide bonds. The average Bonchev–Trinajstić information content (AvgIpc) is 2.88. The Balaban J connectivity index is 2.43. The zero-order chi connectivity index (χ0) is 19.5. The van der Waals surface area contributed by atoms with Gasteiger partial charge in [-0.15, -0.1) is 0 Å². The largest absolute Gasteiger partial charge is 0.383 e. The van der Waals surface area contributed by atoms with Crippen LogP contribution in [0, 0.1) is 6.92 Å². The van der Waals surface area contributed by atoms with Gasteiger partial charge in [-0.3, -0.25) is 4.72 Å². The molecule has 0 bridgehead atoms. The normalized spacial score (nSPS) is 12.2. The predicted octanol–water partition coefficient (Wildman–Crippen LogP) is 1.39. The molecule has 2 aromatic rings. The number of hydrogen-bond acceptors (Lipinski definition) is 6. The third-order valence-electron chi connectivity index (χ3n) is 3.77.